The van der Waals surface area contributed by atoms with E-state index in [4.69, 9.17) is 16.3 Å². The Morgan fingerprint density at radius 1 is 1.12 bits per heavy atom. The first-order valence-electron chi connectivity index (χ1n) is 4.96. The minimum Gasteiger partial charge on any atom is -0.496 e. The van der Waals surface area contributed by atoms with E-state index < -0.39 is 0 Å². The summed E-state index contributed by atoms with van der Waals surface area (Å²) in [5, 5.41) is 0.754. The molecule has 0 aromatic heterocycles. The number of ether oxygens (including phenoxy) is 1. The van der Waals surface area contributed by atoms with E-state index >= 15 is 0 Å². The van der Waals surface area contributed by atoms with Gasteiger partial charge in [-0.2, -0.15) is 0 Å². The molecule has 2 aromatic carbocycles. The summed E-state index contributed by atoms with van der Waals surface area (Å²) in [6.07, 6.45) is 0. The molecule has 88 valence electrons. The molecule has 0 saturated carbocycles. The highest BCUT2D eigenvalue weighted by Crippen LogP contribution is 2.36. The van der Waals surface area contributed by atoms with Gasteiger partial charge in [-0.1, -0.05) is 23.4 Å². The molecule has 0 fully saturated rings. The molecule has 0 bridgehead atoms. The van der Waals surface area contributed by atoms with Crippen molar-refractivity contribution < 1.29 is 4.74 Å². The lowest BCUT2D eigenvalue weighted by atomic mass is 10.3. The molecular formula is C13H10ClIOS. The SMILES string of the molecule is COc1cc(I)ccc1Sc1ccc(Cl)cc1. The number of halogens is 2. The van der Waals surface area contributed by atoms with Crippen LogP contribution in [0.2, 0.25) is 5.02 Å². The molecule has 0 atom stereocenters. The summed E-state index contributed by atoms with van der Waals surface area (Å²) in [5.41, 5.74) is 0. The Bertz CT molecular complexity index is 513. The van der Waals surface area contributed by atoms with Gasteiger partial charge in [0.2, 0.25) is 0 Å². The van der Waals surface area contributed by atoms with Crippen LogP contribution < -0.4 is 4.74 Å². The molecule has 1 nitrogen and oxygen atoms in total. The van der Waals surface area contributed by atoms with Crippen LogP contribution in [0.15, 0.2) is 52.3 Å². The van der Waals surface area contributed by atoms with Crippen LogP contribution in [0.3, 0.4) is 0 Å². The van der Waals surface area contributed by atoms with Crippen LogP contribution in [0.25, 0.3) is 0 Å². The Kier molecular flexibility index (Phi) is 4.59. The van der Waals surface area contributed by atoms with E-state index in [1.807, 2.05) is 30.3 Å². The Balaban J connectivity index is 2.26. The standard InChI is InChI=1S/C13H10ClIOS/c1-16-12-8-10(15)4-7-13(12)17-11-5-2-9(14)3-6-11/h2-8H,1H3. The zero-order valence-corrected chi connectivity index (χ0v) is 12.8. The van der Waals surface area contributed by atoms with Gasteiger partial charge in [-0.3, -0.25) is 0 Å². The van der Waals surface area contributed by atoms with Gasteiger partial charge in [0, 0.05) is 13.5 Å². The minimum absolute atomic E-state index is 0.754. The third-order valence-corrected chi connectivity index (χ3v) is 4.16. The Hall–Kier alpha value is -0.390. The molecule has 2 aromatic rings. The van der Waals surface area contributed by atoms with Crippen molar-refractivity contribution in [1.82, 2.24) is 0 Å². The Morgan fingerprint density at radius 2 is 1.82 bits per heavy atom. The van der Waals surface area contributed by atoms with Gasteiger partial charge in [0.05, 0.1) is 12.0 Å². The van der Waals surface area contributed by atoms with E-state index in [1.54, 1.807) is 18.9 Å². The van der Waals surface area contributed by atoms with Gasteiger partial charge >= 0.3 is 0 Å². The number of methoxy groups -OCH3 is 1. The molecule has 17 heavy (non-hydrogen) atoms. The van der Waals surface area contributed by atoms with Crippen molar-refractivity contribution in [2.45, 2.75) is 9.79 Å². The first kappa shape index (κ1) is 13.1. The minimum atomic E-state index is 0.754. The number of benzene rings is 2. The van der Waals surface area contributed by atoms with E-state index in [0.717, 1.165) is 20.6 Å². The van der Waals surface area contributed by atoms with Crippen molar-refractivity contribution in [1.29, 1.82) is 0 Å². The summed E-state index contributed by atoms with van der Waals surface area (Å²) in [6, 6.07) is 14.0. The molecule has 0 aliphatic heterocycles. The monoisotopic (exact) mass is 376 g/mol. The van der Waals surface area contributed by atoms with E-state index in [0.29, 0.717) is 0 Å². The molecule has 0 N–H and O–H groups in total. The van der Waals surface area contributed by atoms with Crippen molar-refractivity contribution >= 4 is 46.0 Å². The van der Waals surface area contributed by atoms with Crippen molar-refractivity contribution in [2.75, 3.05) is 7.11 Å². The molecule has 0 aliphatic carbocycles. The fourth-order valence-corrected chi connectivity index (χ4v) is 2.85. The lowest BCUT2D eigenvalue weighted by Gasteiger charge is -2.08. The van der Waals surface area contributed by atoms with Gasteiger partial charge in [-0.25, -0.2) is 0 Å². The largest absolute Gasteiger partial charge is 0.496 e. The predicted molar refractivity (Wildman–Crippen MR) is 81.3 cm³/mol. The van der Waals surface area contributed by atoms with Crippen molar-refractivity contribution in [3.05, 3.63) is 51.1 Å². The maximum atomic E-state index is 5.86. The summed E-state index contributed by atoms with van der Waals surface area (Å²) in [5.74, 6) is 0.900. The highest BCUT2D eigenvalue weighted by atomic mass is 127. The maximum Gasteiger partial charge on any atom is 0.133 e. The molecule has 0 amide bonds. The third kappa shape index (κ3) is 3.53. The van der Waals surface area contributed by atoms with Crippen molar-refractivity contribution in [2.24, 2.45) is 0 Å². The highest BCUT2D eigenvalue weighted by Gasteiger charge is 2.05. The summed E-state index contributed by atoms with van der Waals surface area (Å²) >= 11 is 9.80. The Labute approximate surface area is 124 Å². The normalized spacial score (nSPS) is 10.3. The van der Waals surface area contributed by atoms with Gasteiger partial charge in [0.1, 0.15) is 5.75 Å². The summed E-state index contributed by atoms with van der Waals surface area (Å²) in [4.78, 5) is 2.25. The number of hydrogen-bond acceptors (Lipinski definition) is 2. The van der Waals surface area contributed by atoms with Gasteiger partial charge in [-0.05, 0) is 65.1 Å². The maximum absolute atomic E-state index is 5.86. The fraction of sp³-hybridized carbons (Fsp3) is 0.0769. The van der Waals surface area contributed by atoms with Crippen LogP contribution in [-0.4, -0.2) is 7.11 Å². The average molecular weight is 377 g/mol. The van der Waals surface area contributed by atoms with Crippen LogP contribution in [0.1, 0.15) is 0 Å². The smallest absolute Gasteiger partial charge is 0.133 e. The topological polar surface area (TPSA) is 9.23 Å². The molecule has 2 rings (SSSR count). The predicted octanol–water partition coefficient (Wildman–Crippen LogP) is 5.10. The molecule has 4 heteroatoms. The first-order valence-corrected chi connectivity index (χ1v) is 7.23. The highest BCUT2D eigenvalue weighted by molar-refractivity contribution is 14.1. The lowest BCUT2D eigenvalue weighted by Crippen LogP contribution is -1.87. The van der Waals surface area contributed by atoms with Crippen LogP contribution in [0, 0.1) is 3.57 Å². The molecule has 0 heterocycles. The fourth-order valence-electron chi connectivity index (χ4n) is 1.36. The van der Waals surface area contributed by atoms with Crippen molar-refractivity contribution in [3.63, 3.8) is 0 Å². The lowest BCUT2D eigenvalue weighted by molar-refractivity contribution is 0.404. The van der Waals surface area contributed by atoms with E-state index in [-0.39, 0.29) is 0 Å². The summed E-state index contributed by atoms with van der Waals surface area (Å²) < 4.78 is 6.54. The van der Waals surface area contributed by atoms with Gasteiger partial charge < -0.3 is 4.74 Å². The Morgan fingerprint density at radius 3 is 2.47 bits per heavy atom. The van der Waals surface area contributed by atoms with Crippen LogP contribution >= 0.6 is 46.0 Å². The summed E-state index contributed by atoms with van der Waals surface area (Å²) in [6.45, 7) is 0. The zero-order chi connectivity index (χ0) is 12.3. The zero-order valence-electron chi connectivity index (χ0n) is 9.11. The second-order valence-corrected chi connectivity index (χ2v) is 6.15. The van der Waals surface area contributed by atoms with Crippen LogP contribution in [0.4, 0.5) is 0 Å². The molecule has 0 radical (unpaired) electrons. The first-order chi connectivity index (χ1) is 8.19. The molecule has 0 unspecified atom stereocenters. The third-order valence-electron chi connectivity index (χ3n) is 2.17. The second-order valence-electron chi connectivity index (χ2n) is 3.35. The molecular weight excluding hydrogens is 367 g/mol. The van der Waals surface area contributed by atoms with Gasteiger partial charge in [0.25, 0.3) is 0 Å². The van der Waals surface area contributed by atoms with Gasteiger partial charge in [0.15, 0.2) is 0 Å². The van der Waals surface area contributed by atoms with E-state index in [9.17, 15) is 0 Å². The average Bonchev–Trinajstić information content (AvgIpc) is 2.34. The van der Waals surface area contributed by atoms with Crippen molar-refractivity contribution in [3.8, 4) is 5.75 Å². The molecule has 0 saturated heterocycles. The van der Waals surface area contributed by atoms with Crippen LogP contribution in [0.5, 0.6) is 5.75 Å². The summed E-state index contributed by atoms with van der Waals surface area (Å²) in [7, 11) is 1.69. The quantitative estimate of drug-likeness (QED) is 0.689. The molecule has 0 aliphatic rings. The van der Waals surface area contributed by atoms with E-state index in [1.165, 1.54) is 3.57 Å². The second kappa shape index (κ2) is 5.98. The number of rotatable bonds is 3. The number of hydrogen-bond donors (Lipinski definition) is 0. The van der Waals surface area contributed by atoms with E-state index in [2.05, 4.69) is 34.7 Å². The van der Waals surface area contributed by atoms with Crippen LogP contribution in [-0.2, 0) is 0 Å². The molecule has 0 spiro atoms. The van der Waals surface area contributed by atoms with Gasteiger partial charge in [-0.15, -0.1) is 0 Å².